The fourth-order valence-electron chi connectivity index (χ4n) is 3.03. The Hall–Kier alpha value is -1.43. The Bertz CT molecular complexity index is 517. The predicted molar refractivity (Wildman–Crippen MR) is 93.7 cm³/mol. The highest BCUT2D eigenvalue weighted by Crippen LogP contribution is 2.19. The number of aliphatic hydroxyl groups is 1. The molecule has 2 rings (SSSR count). The van der Waals surface area contributed by atoms with Gasteiger partial charge in [-0.3, -0.25) is 14.6 Å². The van der Waals surface area contributed by atoms with Crippen LogP contribution in [0, 0.1) is 13.8 Å². The lowest BCUT2D eigenvalue weighted by Gasteiger charge is -2.38. The standard InChI is InChI=1S/C18H29N3O2/c1-13-6-5-7-14(2)18(13)19-17(23)12-20-8-10-21(11-9-20)15(3)16(4)22/h5-7,15-16,22H,8-12H2,1-4H3,(H,19,23)/t15-,16-/m0/s1. The highest BCUT2D eigenvalue weighted by atomic mass is 16.3. The quantitative estimate of drug-likeness (QED) is 0.866. The van der Waals surface area contributed by atoms with Crippen molar-refractivity contribution in [2.24, 2.45) is 0 Å². The van der Waals surface area contributed by atoms with E-state index in [1.165, 1.54) is 0 Å². The number of amides is 1. The number of anilines is 1. The maximum absolute atomic E-state index is 12.3. The topological polar surface area (TPSA) is 55.8 Å². The van der Waals surface area contributed by atoms with E-state index in [4.69, 9.17) is 0 Å². The number of rotatable bonds is 5. The summed E-state index contributed by atoms with van der Waals surface area (Å²) in [5, 5.41) is 12.7. The zero-order chi connectivity index (χ0) is 17.0. The molecule has 2 N–H and O–H groups in total. The first kappa shape index (κ1) is 17.9. The van der Waals surface area contributed by atoms with E-state index in [1.54, 1.807) is 0 Å². The van der Waals surface area contributed by atoms with Crippen molar-refractivity contribution >= 4 is 11.6 Å². The number of hydrogen-bond donors (Lipinski definition) is 2. The minimum atomic E-state index is -0.325. The molecule has 1 aliphatic heterocycles. The second kappa shape index (κ2) is 7.90. The molecule has 0 aromatic heterocycles. The zero-order valence-electron chi connectivity index (χ0n) is 14.7. The molecule has 5 heteroatoms. The van der Waals surface area contributed by atoms with E-state index in [0.717, 1.165) is 43.0 Å². The average molecular weight is 319 g/mol. The number of piperazine rings is 1. The predicted octanol–water partition coefficient (Wildman–Crippen LogP) is 1.63. The van der Waals surface area contributed by atoms with Crippen molar-refractivity contribution in [3.63, 3.8) is 0 Å². The molecular formula is C18H29N3O2. The van der Waals surface area contributed by atoms with Crippen molar-refractivity contribution in [2.75, 3.05) is 38.0 Å². The first-order chi connectivity index (χ1) is 10.9. The molecule has 1 aromatic carbocycles. The summed E-state index contributed by atoms with van der Waals surface area (Å²) in [5.74, 6) is 0.0411. The fraction of sp³-hybridized carbons (Fsp3) is 0.611. The van der Waals surface area contributed by atoms with Gasteiger partial charge in [-0.2, -0.15) is 0 Å². The lowest BCUT2D eigenvalue weighted by Crippen LogP contribution is -2.53. The van der Waals surface area contributed by atoms with Crippen molar-refractivity contribution in [1.29, 1.82) is 0 Å². The Kier molecular flexibility index (Phi) is 6.16. The second-order valence-corrected chi connectivity index (χ2v) is 6.61. The van der Waals surface area contributed by atoms with E-state index in [2.05, 4.69) is 15.1 Å². The van der Waals surface area contributed by atoms with Crippen LogP contribution < -0.4 is 5.32 Å². The van der Waals surface area contributed by atoms with Crippen LogP contribution in [-0.4, -0.2) is 65.7 Å². The van der Waals surface area contributed by atoms with E-state index in [-0.39, 0.29) is 18.1 Å². The van der Waals surface area contributed by atoms with Gasteiger partial charge in [0.2, 0.25) is 5.91 Å². The summed E-state index contributed by atoms with van der Waals surface area (Å²) < 4.78 is 0. The third-order valence-electron chi connectivity index (χ3n) is 4.79. The van der Waals surface area contributed by atoms with Gasteiger partial charge >= 0.3 is 0 Å². The van der Waals surface area contributed by atoms with Gasteiger partial charge in [-0.15, -0.1) is 0 Å². The summed E-state index contributed by atoms with van der Waals surface area (Å²) in [4.78, 5) is 16.8. The van der Waals surface area contributed by atoms with Crippen LogP contribution in [0.5, 0.6) is 0 Å². The third kappa shape index (κ3) is 4.77. The van der Waals surface area contributed by atoms with E-state index in [0.29, 0.717) is 6.54 Å². The number of hydrogen-bond acceptors (Lipinski definition) is 4. The molecule has 1 aliphatic rings. The maximum atomic E-state index is 12.3. The molecule has 1 amide bonds. The number of para-hydroxylation sites is 1. The molecule has 1 saturated heterocycles. The molecule has 128 valence electrons. The van der Waals surface area contributed by atoms with Crippen LogP contribution >= 0.6 is 0 Å². The van der Waals surface area contributed by atoms with E-state index < -0.39 is 0 Å². The molecule has 1 heterocycles. The van der Waals surface area contributed by atoms with Gasteiger partial charge < -0.3 is 10.4 Å². The SMILES string of the molecule is Cc1cccc(C)c1NC(=O)CN1CCN([C@@H](C)[C@H](C)O)CC1. The van der Waals surface area contributed by atoms with Gasteiger partial charge in [0.15, 0.2) is 0 Å². The Morgan fingerprint density at radius 3 is 2.26 bits per heavy atom. The van der Waals surface area contributed by atoms with Gasteiger partial charge in [0.25, 0.3) is 0 Å². The summed E-state index contributed by atoms with van der Waals surface area (Å²) >= 11 is 0. The average Bonchev–Trinajstić information content (AvgIpc) is 2.51. The fourth-order valence-corrected chi connectivity index (χ4v) is 3.03. The number of nitrogens with zero attached hydrogens (tertiary/aromatic N) is 2. The molecule has 5 nitrogen and oxygen atoms in total. The van der Waals surface area contributed by atoms with Crippen LogP contribution in [0.15, 0.2) is 18.2 Å². The molecule has 0 bridgehead atoms. The summed E-state index contributed by atoms with van der Waals surface area (Å²) in [6.45, 7) is 11.8. The van der Waals surface area contributed by atoms with E-state index in [1.807, 2.05) is 45.9 Å². The van der Waals surface area contributed by atoms with Crippen LogP contribution in [0.1, 0.15) is 25.0 Å². The third-order valence-corrected chi connectivity index (χ3v) is 4.79. The second-order valence-electron chi connectivity index (χ2n) is 6.61. The van der Waals surface area contributed by atoms with E-state index in [9.17, 15) is 9.90 Å². The summed E-state index contributed by atoms with van der Waals surface area (Å²) in [7, 11) is 0. The van der Waals surface area contributed by atoms with Gasteiger partial charge in [0, 0.05) is 37.9 Å². The zero-order valence-corrected chi connectivity index (χ0v) is 14.7. The highest BCUT2D eigenvalue weighted by molar-refractivity contribution is 5.93. The van der Waals surface area contributed by atoms with Crippen molar-refractivity contribution in [2.45, 2.75) is 39.8 Å². The highest BCUT2D eigenvalue weighted by Gasteiger charge is 2.24. The van der Waals surface area contributed by atoms with Crippen LogP contribution in [-0.2, 0) is 4.79 Å². The minimum Gasteiger partial charge on any atom is -0.392 e. The molecule has 0 spiro atoms. The van der Waals surface area contributed by atoms with Crippen molar-refractivity contribution < 1.29 is 9.90 Å². The van der Waals surface area contributed by atoms with Crippen molar-refractivity contribution in [3.05, 3.63) is 29.3 Å². The first-order valence-electron chi connectivity index (χ1n) is 8.39. The molecule has 1 fully saturated rings. The number of nitrogens with one attached hydrogen (secondary N) is 1. The number of aliphatic hydroxyl groups excluding tert-OH is 1. The number of carbonyl (C=O) groups is 1. The summed E-state index contributed by atoms with van der Waals surface area (Å²) in [6, 6.07) is 6.20. The monoisotopic (exact) mass is 319 g/mol. The number of benzene rings is 1. The van der Waals surface area contributed by atoms with Crippen molar-refractivity contribution in [1.82, 2.24) is 9.80 Å². The lowest BCUT2D eigenvalue weighted by molar-refractivity contribution is -0.117. The molecule has 0 aliphatic carbocycles. The van der Waals surface area contributed by atoms with E-state index >= 15 is 0 Å². The molecule has 0 saturated carbocycles. The maximum Gasteiger partial charge on any atom is 0.238 e. The molecule has 0 radical (unpaired) electrons. The largest absolute Gasteiger partial charge is 0.392 e. The Balaban J connectivity index is 1.83. The van der Waals surface area contributed by atoms with Gasteiger partial charge in [-0.1, -0.05) is 18.2 Å². The minimum absolute atomic E-state index is 0.0411. The van der Waals surface area contributed by atoms with Crippen LogP contribution in [0.3, 0.4) is 0 Å². The van der Waals surface area contributed by atoms with Gasteiger partial charge in [0.1, 0.15) is 0 Å². The molecule has 2 atom stereocenters. The normalized spacial score (nSPS) is 19.3. The van der Waals surface area contributed by atoms with Crippen LogP contribution in [0.25, 0.3) is 0 Å². The lowest BCUT2D eigenvalue weighted by atomic mass is 10.1. The molecule has 0 unspecified atom stereocenters. The number of aryl methyl sites for hydroxylation is 2. The Labute approximate surface area is 139 Å². The Morgan fingerprint density at radius 2 is 1.74 bits per heavy atom. The first-order valence-corrected chi connectivity index (χ1v) is 8.39. The molecule has 23 heavy (non-hydrogen) atoms. The smallest absolute Gasteiger partial charge is 0.238 e. The molecular weight excluding hydrogens is 290 g/mol. The van der Waals surface area contributed by atoms with Gasteiger partial charge in [-0.25, -0.2) is 0 Å². The van der Waals surface area contributed by atoms with Gasteiger partial charge in [-0.05, 0) is 38.8 Å². The molecule has 1 aromatic rings. The van der Waals surface area contributed by atoms with Crippen LogP contribution in [0.4, 0.5) is 5.69 Å². The van der Waals surface area contributed by atoms with Crippen LogP contribution in [0.2, 0.25) is 0 Å². The summed E-state index contributed by atoms with van der Waals surface area (Å²) in [5.41, 5.74) is 3.11. The Morgan fingerprint density at radius 1 is 1.17 bits per heavy atom. The number of carbonyl (C=O) groups excluding carboxylic acids is 1. The summed E-state index contributed by atoms with van der Waals surface area (Å²) in [6.07, 6.45) is -0.325. The van der Waals surface area contributed by atoms with Gasteiger partial charge in [0.05, 0.1) is 12.6 Å². The van der Waals surface area contributed by atoms with Crippen molar-refractivity contribution in [3.8, 4) is 0 Å².